The Kier molecular flexibility index (Phi) is 6.10. The summed E-state index contributed by atoms with van der Waals surface area (Å²) in [4.78, 5) is 0. The van der Waals surface area contributed by atoms with Crippen molar-refractivity contribution in [3.8, 4) is 0 Å². The summed E-state index contributed by atoms with van der Waals surface area (Å²) in [5.74, 6) is 1.65. The number of unbranched alkanes of at least 4 members (excludes halogenated alkanes) is 1. The summed E-state index contributed by atoms with van der Waals surface area (Å²) in [5.41, 5.74) is 0. The molecule has 3 heteroatoms. The second kappa shape index (κ2) is 7.10. The van der Waals surface area contributed by atoms with Gasteiger partial charge in [0.2, 0.25) is 0 Å². The van der Waals surface area contributed by atoms with Gasteiger partial charge in [0.1, 0.15) is 0 Å². The molecule has 2 N–H and O–H groups in total. The Morgan fingerprint density at radius 3 is 2.62 bits per heavy atom. The first-order valence-corrected chi connectivity index (χ1v) is 7.14. The molecule has 0 spiro atoms. The molecule has 1 aliphatic carbocycles. The van der Waals surface area contributed by atoms with Crippen molar-refractivity contribution in [3.63, 3.8) is 0 Å². The van der Waals surface area contributed by atoms with E-state index in [1.54, 1.807) is 0 Å². The predicted molar refractivity (Wildman–Crippen MR) is 74.6 cm³/mol. The summed E-state index contributed by atoms with van der Waals surface area (Å²) in [5, 5.41) is 7.61. The van der Waals surface area contributed by atoms with E-state index in [1.807, 2.05) is 0 Å². The van der Waals surface area contributed by atoms with Crippen molar-refractivity contribution in [2.24, 2.45) is 11.8 Å². The lowest BCUT2D eigenvalue weighted by molar-refractivity contribution is 0.367. The molecule has 0 aromatic rings. The lowest BCUT2D eigenvalue weighted by Gasteiger charge is -2.22. The summed E-state index contributed by atoms with van der Waals surface area (Å²) in [6, 6.07) is 0.589. The third-order valence-corrected chi connectivity index (χ3v) is 4.15. The molecular formula is C13H26N2S. The van der Waals surface area contributed by atoms with Gasteiger partial charge in [-0.3, -0.25) is 0 Å². The van der Waals surface area contributed by atoms with E-state index in [0.717, 1.165) is 23.5 Å². The van der Waals surface area contributed by atoms with Gasteiger partial charge in [0.05, 0.1) is 0 Å². The van der Waals surface area contributed by atoms with E-state index in [1.165, 1.54) is 32.1 Å². The van der Waals surface area contributed by atoms with Crippen LogP contribution in [0.2, 0.25) is 0 Å². The summed E-state index contributed by atoms with van der Waals surface area (Å²) in [6.45, 7) is 7.85. The van der Waals surface area contributed by atoms with Gasteiger partial charge in [-0.1, -0.05) is 33.6 Å². The molecule has 1 fully saturated rings. The zero-order valence-corrected chi connectivity index (χ0v) is 11.7. The average molecular weight is 242 g/mol. The van der Waals surface area contributed by atoms with Crippen LogP contribution in [0.5, 0.6) is 0 Å². The van der Waals surface area contributed by atoms with Crippen LogP contribution >= 0.6 is 12.2 Å². The van der Waals surface area contributed by atoms with E-state index in [2.05, 4.69) is 31.4 Å². The molecule has 0 aromatic carbocycles. The van der Waals surface area contributed by atoms with Crippen LogP contribution in [0.1, 0.15) is 52.9 Å². The summed E-state index contributed by atoms with van der Waals surface area (Å²) in [6.07, 6.45) is 6.34. The summed E-state index contributed by atoms with van der Waals surface area (Å²) < 4.78 is 0. The molecule has 0 amide bonds. The first-order chi connectivity index (χ1) is 7.69. The Bertz CT molecular complexity index is 218. The van der Waals surface area contributed by atoms with E-state index in [4.69, 9.17) is 12.2 Å². The molecule has 0 radical (unpaired) electrons. The maximum Gasteiger partial charge on any atom is 0.166 e. The summed E-state index contributed by atoms with van der Waals surface area (Å²) in [7, 11) is 0. The smallest absolute Gasteiger partial charge is 0.166 e. The van der Waals surface area contributed by atoms with Crippen LogP contribution in [0.25, 0.3) is 0 Å². The molecule has 1 saturated carbocycles. The van der Waals surface area contributed by atoms with Crippen LogP contribution in [0, 0.1) is 11.8 Å². The first kappa shape index (κ1) is 13.8. The highest BCUT2D eigenvalue weighted by molar-refractivity contribution is 7.80. The monoisotopic (exact) mass is 242 g/mol. The molecule has 0 bridgehead atoms. The Morgan fingerprint density at radius 1 is 1.31 bits per heavy atom. The fourth-order valence-corrected chi connectivity index (χ4v) is 2.88. The van der Waals surface area contributed by atoms with Gasteiger partial charge >= 0.3 is 0 Å². The van der Waals surface area contributed by atoms with Gasteiger partial charge in [0.15, 0.2) is 5.11 Å². The van der Waals surface area contributed by atoms with Crippen molar-refractivity contribution >= 4 is 17.3 Å². The molecule has 3 atom stereocenters. The average Bonchev–Trinajstić information content (AvgIpc) is 2.60. The summed E-state index contributed by atoms with van der Waals surface area (Å²) >= 11 is 5.31. The predicted octanol–water partition coefficient (Wildman–Crippen LogP) is 3.08. The van der Waals surface area contributed by atoms with Crippen molar-refractivity contribution in [2.75, 3.05) is 6.54 Å². The molecule has 1 rings (SSSR count). The van der Waals surface area contributed by atoms with Crippen LogP contribution in [-0.4, -0.2) is 17.7 Å². The fourth-order valence-electron chi connectivity index (χ4n) is 2.63. The fraction of sp³-hybridized carbons (Fsp3) is 0.923. The topological polar surface area (TPSA) is 24.1 Å². The van der Waals surface area contributed by atoms with E-state index in [9.17, 15) is 0 Å². The molecule has 0 aliphatic heterocycles. The van der Waals surface area contributed by atoms with Crippen molar-refractivity contribution in [3.05, 3.63) is 0 Å². The lowest BCUT2D eigenvalue weighted by Crippen LogP contribution is -2.43. The molecule has 16 heavy (non-hydrogen) atoms. The van der Waals surface area contributed by atoms with Crippen LogP contribution < -0.4 is 10.6 Å². The molecule has 94 valence electrons. The van der Waals surface area contributed by atoms with Gasteiger partial charge in [-0.05, 0) is 43.3 Å². The zero-order chi connectivity index (χ0) is 12.0. The van der Waals surface area contributed by atoms with Crippen LogP contribution in [0.15, 0.2) is 0 Å². The van der Waals surface area contributed by atoms with Gasteiger partial charge in [-0.25, -0.2) is 0 Å². The van der Waals surface area contributed by atoms with Crippen molar-refractivity contribution in [1.82, 2.24) is 10.6 Å². The normalized spacial score (nSPS) is 29.1. The van der Waals surface area contributed by atoms with Gasteiger partial charge in [-0.2, -0.15) is 0 Å². The molecular weight excluding hydrogens is 216 g/mol. The standard InChI is InChI=1S/C13H26N2S/c1-4-6-9-14-13(16)15-12-8-7-11(5-2)10(12)3/h10-12H,4-9H2,1-3H3,(H2,14,15,16). The Labute approximate surface area is 106 Å². The van der Waals surface area contributed by atoms with E-state index >= 15 is 0 Å². The van der Waals surface area contributed by atoms with Crippen molar-refractivity contribution in [1.29, 1.82) is 0 Å². The zero-order valence-electron chi connectivity index (χ0n) is 10.9. The Morgan fingerprint density at radius 2 is 2.06 bits per heavy atom. The van der Waals surface area contributed by atoms with Gasteiger partial charge in [0.25, 0.3) is 0 Å². The van der Waals surface area contributed by atoms with Gasteiger partial charge in [-0.15, -0.1) is 0 Å². The second-order valence-corrected chi connectivity index (χ2v) is 5.37. The highest BCUT2D eigenvalue weighted by Crippen LogP contribution is 2.33. The molecule has 0 aromatic heterocycles. The number of rotatable bonds is 5. The third kappa shape index (κ3) is 3.93. The molecule has 3 unspecified atom stereocenters. The van der Waals surface area contributed by atoms with Crippen LogP contribution in [0.4, 0.5) is 0 Å². The second-order valence-electron chi connectivity index (χ2n) is 4.97. The van der Waals surface area contributed by atoms with E-state index in [-0.39, 0.29) is 0 Å². The third-order valence-electron chi connectivity index (χ3n) is 3.88. The van der Waals surface area contributed by atoms with Crippen molar-refractivity contribution < 1.29 is 0 Å². The number of nitrogens with one attached hydrogen (secondary N) is 2. The first-order valence-electron chi connectivity index (χ1n) is 6.73. The molecule has 0 saturated heterocycles. The van der Waals surface area contributed by atoms with Crippen LogP contribution in [0.3, 0.4) is 0 Å². The maximum atomic E-state index is 5.31. The SMILES string of the molecule is CCCCNC(=S)NC1CCC(CC)C1C. The minimum atomic E-state index is 0.589. The number of hydrogen-bond donors (Lipinski definition) is 2. The Balaban J connectivity index is 2.24. The Hall–Kier alpha value is -0.310. The number of thiocarbonyl (C=S) groups is 1. The lowest BCUT2D eigenvalue weighted by atomic mass is 9.94. The van der Waals surface area contributed by atoms with Crippen LogP contribution in [-0.2, 0) is 0 Å². The quantitative estimate of drug-likeness (QED) is 0.572. The highest BCUT2D eigenvalue weighted by atomic mass is 32.1. The van der Waals surface area contributed by atoms with E-state index in [0.29, 0.717) is 6.04 Å². The maximum absolute atomic E-state index is 5.31. The highest BCUT2D eigenvalue weighted by Gasteiger charge is 2.31. The molecule has 2 nitrogen and oxygen atoms in total. The van der Waals surface area contributed by atoms with Gasteiger partial charge in [0, 0.05) is 12.6 Å². The molecule has 0 heterocycles. The minimum Gasteiger partial charge on any atom is -0.363 e. The number of hydrogen-bond acceptors (Lipinski definition) is 1. The van der Waals surface area contributed by atoms with E-state index < -0.39 is 0 Å². The van der Waals surface area contributed by atoms with Crippen molar-refractivity contribution in [2.45, 2.75) is 58.9 Å². The van der Waals surface area contributed by atoms with Gasteiger partial charge < -0.3 is 10.6 Å². The minimum absolute atomic E-state index is 0.589. The molecule has 1 aliphatic rings. The largest absolute Gasteiger partial charge is 0.363 e.